The SMILES string of the molecule is C=C/C=C(\C=C1/CN=C(N(CCOC)CCOC)S1)[N+](=O)[O-]. The molecule has 0 atom stereocenters. The zero-order chi connectivity index (χ0) is 16.4. The standard InChI is InChI=1S/C14H21N3O4S/c1-4-5-12(17(18)19)10-13-11-15-14(22-13)16(6-8-20-2)7-9-21-3/h4-5,10H,1,6-9,11H2,2-3H3/b12-5+,13-10+. The third-order valence-corrected chi connectivity index (χ3v) is 3.88. The summed E-state index contributed by atoms with van der Waals surface area (Å²) < 4.78 is 10.2. The molecule has 8 heteroatoms. The smallest absolute Gasteiger partial charge is 0.270 e. The Labute approximate surface area is 134 Å². The van der Waals surface area contributed by atoms with Gasteiger partial charge in [-0.15, -0.1) is 0 Å². The molecule has 1 aliphatic heterocycles. The van der Waals surface area contributed by atoms with Crippen LogP contribution in [0.1, 0.15) is 0 Å². The highest BCUT2D eigenvalue weighted by Crippen LogP contribution is 2.28. The predicted octanol–water partition coefficient (Wildman–Crippen LogP) is 1.91. The molecule has 0 aromatic heterocycles. The Bertz CT molecular complexity index is 480. The molecule has 22 heavy (non-hydrogen) atoms. The fourth-order valence-corrected chi connectivity index (χ4v) is 2.70. The van der Waals surface area contributed by atoms with E-state index in [9.17, 15) is 10.1 Å². The van der Waals surface area contributed by atoms with E-state index in [2.05, 4.69) is 16.5 Å². The van der Waals surface area contributed by atoms with Crippen molar-refractivity contribution in [3.05, 3.63) is 45.5 Å². The Hall–Kier alpha value is -1.64. The molecular weight excluding hydrogens is 306 g/mol. The first-order valence-electron chi connectivity index (χ1n) is 6.75. The van der Waals surface area contributed by atoms with Crippen LogP contribution in [0.2, 0.25) is 0 Å². The van der Waals surface area contributed by atoms with Crippen molar-refractivity contribution in [1.29, 1.82) is 0 Å². The largest absolute Gasteiger partial charge is 0.383 e. The van der Waals surface area contributed by atoms with E-state index in [0.717, 1.165) is 10.1 Å². The Morgan fingerprint density at radius 2 is 2.09 bits per heavy atom. The maximum absolute atomic E-state index is 10.9. The van der Waals surface area contributed by atoms with Crippen LogP contribution in [0, 0.1) is 10.1 Å². The zero-order valence-electron chi connectivity index (χ0n) is 12.9. The first-order chi connectivity index (χ1) is 10.6. The van der Waals surface area contributed by atoms with Crippen LogP contribution in [0.25, 0.3) is 0 Å². The highest BCUT2D eigenvalue weighted by atomic mass is 32.2. The third-order valence-electron chi connectivity index (χ3n) is 2.80. The second-order valence-corrected chi connectivity index (χ2v) is 5.46. The molecule has 1 rings (SSSR count). The van der Waals surface area contributed by atoms with Crippen molar-refractivity contribution in [2.75, 3.05) is 47.1 Å². The van der Waals surface area contributed by atoms with Crippen molar-refractivity contribution in [3.63, 3.8) is 0 Å². The first-order valence-corrected chi connectivity index (χ1v) is 7.56. The van der Waals surface area contributed by atoms with Crippen LogP contribution in [-0.2, 0) is 9.47 Å². The Kier molecular flexibility index (Phi) is 8.49. The number of nitrogens with zero attached hydrogens (tertiary/aromatic N) is 3. The van der Waals surface area contributed by atoms with E-state index in [1.165, 1.54) is 30.0 Å². The summed E-state index contributed by atoms with van der Waals surface area (Å²) in [5.74, 6) is 0. The van der Waals surface area contributed by atoms with Gasteiger partial charge in [0, 0.05) is 44.4 Å². The van der Waals surface area contributed by atoms with Gasteiger partial charge in [0.15, 0.2) is 5.17 Å². The predicted molar refractivity (Wildman–Crippen MR) is 88.6 cm³/mol. The number of allylic oxidation sites excluding steroid dienone is 3. The topological polar surface area (TPSA) is 77.2 Å². The van der Waals surface area contributed by atoms with Gasteiger partial charge in [-0.2, -0.15) is 0 Å². The van der Waals surface area contributed by atoms with Gasteiger partial charge in [0.25, 0.3) is 5.70 Å². The number of ether oxygens (including phenoxy) is 2. The van der Waals surface area contributed by atoms with Crippen molar-refractivity contribution in [3.8, 4) is 0 Å². The van der Waals surface area contributed by atoms with Crippen molar-refractivity contribution < 1.29 is 14.4 Å². The first kappa shape index (κ1) is 18.4. The lowest BCUT2D eigenvalue weighted by atomic mass is 10.3. The van der Waals surface area contributed by atoms with Crippen LogP contribution < -0.4 is 0 Å². The summed E-state index contributed by atoms with van der Waals surface area (Å²) in [5, 5.41) is 11.8. The summed E-state index contributed by atoms with van der Waals surface area (Å²) >= 11 is 1.44. The molecule has 0 unspecified atom stereocenters. The summed E-state index contributed by atoms with van der Waals surface area (Å²) in [5.41, 5.74) is 0.00860. The third kappa shape index (κ3) is 6.00. The molecule has 0 saturated carbocycles. The number of methoxy groups -OCH3 is 2. The van der Waals surface area contributed by atoms with Gasteiger partial charge >= 0.3 is 0 Å². The Morgan fingerprint density at radius 3 is 2.59 bits per heavy atom. The fraction of sp³-hybridized carbons (Fsp3) is 0.500. The highest BCUT2D eigenvalue weighted by molar-refractivity contribution is 8.17. The van der Waals surface area contributed by atoms with Gasteiger partial charge in [-0.25, -0.2) is 0 Å². The molecule has 0 aromatic rings. The van der Waals surface area contributed by atoms with E-state index < -0.39 is 4.92 Å². The summed E-state index contributed by atoms with van der Waals surface area (Å²) in [4.78, 5) is 17.8. The second-order valence-electron chi connectivity index (χ2n) is 4.37. The van der Waals surface area contributed by atoms with E-state index >= 15 is 0 Å². The molecule has 0 aliphatic carbocycles. The molecule has 1 heterocycles. The van der Waals surface area contributed by atoms with Crippen molar-refractivity contribution in [2.45, 2.75) is 0 Å². The highest BCUT2D eigenvalue weighted by Gasteiger charge is 2.21. The van der Waals surface area contributed by atoms with E-state index in [4.69, 9.17) is 9.47 Å². The lowest BCUT2D eigenvalue weighted by Gasteiger charge is -2.22. The van der Waals surface area contributed by atoms with E-state index in [1.54, 1.807) is 14.2 Å². The van der Waals surface area contributed by atoms with Crippen molar-refractivity contribution >= 4 is 16.9 Å². The molecule has 1 aliphatic rings. The van der Waals surface area contributed by atoms with Gasteiger partial charge in [-0.05, 0) is 0 Å². The molecule has 0 saturated heterocycles. The van der Waals surface area contributed by atoms with Crippen molar-refractivity contribution in [1.82, 2.24) is 4.90 Å². The van der Waals surface area contributed by atoms with Gasteiger partial charge in [-0.3, -0.25) is 15.1 Å². The number of aliphatic imine (C=N–C) groups is 1. The zero-order valence-corrected chi connectivity index (χ0v) is 13.7. The molecule has 0 fully saturated rings. The van der Waals surface area contributed by atoms with Crippen LogP contribution in [-0.4, -0.2) is 62.1 Å². The van der Waals surface area contributed by atoms with Crippen LogP contribution in [0.4, 0.5) is 0 Å². The molecule has 0 N–H and O–H groups in total. The number of amidine groups is 1. The monoisotopic (exact) mass is 327 g/mol. The van der Waals surface area contributed by atoms with Crippen LogP contribution in [0.5, 0.6) is 0 Å². The van der Waals surface area contributed by atoms with Crippen LogP contribution in [0.3, 0.4) is 0 Å². The quantitative estimate of drug-likeness (QED) is 0.366. The molecule has 0 amide bonds. The number of rotatable bonds is 9. The molecule has 0 radical (unpaired) electrons. The average Bonchev–Trinajstić information content (AvgIpc) is 2.95. The molecule has 0 aromatic carbocycles. The van der Waals surface area contributed by atoms with Gasteiger partial charge in [-0.1, -0.05) is 24.4 Å². The number of nitro groups is 1. The molecule has 0 spiro atoms. The van der Waals surface area contributed by atoms with Crippen molar-refractivity contribution in [2.24, 2.45) is 4.99 Å². The molecule has 0 bridgehead atoms. The Morgan fingerprint density at radius 1 is 1.45 bits per heavy atom. The minimum Gasteiger partial charge on any atom is -0.383 e. The summed E-state index contributed by atoms with van der Waals surface area (Å²) in [6.07, 6.45) is 4.31. The summed E-state index contributed by atoms with van der Waals surface area (Å²) in [7, 11) is 3.29. The normalized spacial score (nSPS) is 16.7. The summed E-state index contributed by atoms with van der Waals surface area (Å²) in [6.45, 7) is 6.49. The average molecular weight is 327 g/mol. The minimum atomic E-state index is -0.430. The van der Waals surface area contributed by atoms with Gasteiger partial charge in [0.2, 0.25) is 0 Å². The number of hydrogen-bond acceptors (Lipinski definition) is 7. The maximum atomic E-state index is 10.9. The second kappa shape index (κ2) is 10.1. The van der Waals surface area contributed by atoms with E-state index in [0.29, 0.717) is 32.8 Å². The van der Waals surface area contributed by atoms with Gasteiger partial charge in [0.1, 0.15) is 0 Å². The fourth-order valence-electron chi connectivity index (χ4n) is 1.72. The minimum absolute atomic E-state index is 0.00860. The van der Waals surface area contributed by atoms with E-state index in [-0.39, 0.29) is 5.70 Å². The Balaban J connectivity index is 2.73. The lowest BCUT2D eigenvalue weighted by Crippen LogP contribution is -2.34. The number of thioether (sulfide) groups is 1. The van der Waals surface area contributed by atoms with Crippen LogP contribution in [0.15, 0.2) is 40.4 Å². The lowest BCUT2D eigenvalue weighted by molar-refractivity contribution is -0.419. The van der Waals surface area contributed by atoms with Gasteiger partial charge in [0.05, 0.1) is 24.7 Å². The number of hydrogen-bond donors (Lipinski definition) is 0. The summed E-state index contributed by atoms with van der Waals surface area (Å²) in [6, 6.07) is 0. The van der Waals surface area contributed by atoms with Gasteiger partial charge < -0.3 is 14.4 Å². The van der Waals surface area contributed by atoms with Crippen LogP contribution >= 0.6 is 11.8 Å². The molecule has 122 valence electrons. The van der Waals surface area contributed by atoms with E-state index in [1.807, 2.05) is 0 Å². The molecular formula is C14H21N3O4S. The molecule has 7 nitrogen and oxygen atoms in total. The maximum Gasteiger partial charge on any atom is 0.270 e.